The van der Waals surface area contributed by atoms with Crippen molar-refractivity contribution in [3.05, 3.63) is 66.2 Å². The van der Waals surface area contributed by atoms with Crippen molar-refractivity contribution in [2.75, 3.05) is 0 Å². The fourth-order valence-electron chi connectivity index (χ4n) is 2.24. The van der Waals surface area contributed by atoms with Gasteiger partial charge in [0.05, 0.1) is 5.56 Å². The van der Waals surface area contributed by atoms with Gasteiger partial charge in [0.15, 0.2) is 6.29 Å². The van der Waals surface area contributed by atoms with Gasteiger partial charge in [0.25, 0.3) is 0 Å². The van der Waals surface area contributed by atoms with Crippen molar-refractivity contribution in [2.24, 2.45) is 0 Å². The van der Waals surface area contributed by atoms with Crippen molar-refractivity contribution >= 4 is 17.1 Å². The summed E-state index contributed by atoms with van der Waals surface area (Å²) in [5, 5.41) is 11.9. The Balaban J connectivity index is 2.44. The van der Waals surface area contributed by atoms with E-state index in [0.717, 1.165) is 17.1 Å². The molecule has 0 fully saturated rings. The molecule has 0 spiro atoms. The molecule has 0 aliphatic heterocycles. The van der Waals surface area contributed by atoms with Gasteiger partial charge in [-0.05, 0) is 22.9 Å². The maximum Gasteiger partial charge on any atom is 0.150 e. The first kappa shape index (κ1) is 11.3. The molecule has 0 aromatic heterocycles. The van der Waals surface area contributed by atoms with Crippen molar-refractivity contribution in [3.63, 3.8) is 0 Å². The van der Waals surface area contributed by atoms with Gasteiger partial charge in [0.2, 0.25) is 0 Å². The van der Waals surface area contributed by atoms with Gasteiger partial charge in [-0.1, -0.05) is 48.5 Å². The van der Waals surface area contributed by atoms with Crippen LogP contribution in [0.2, 0.25) is 0 Å². The molecule has 0 aliphatic carbocycles. The number of fused-ring (bicyclic) bond motifs is 1. The van der Waals surface area contributed by atoms with Crippen LogP contribution in [0.15, 0.2) is 48.5 Å². The van der Waals surface area contributed by atoms with Gasteiger partial charge < -0.3 is 5.11 Å². The van der Waals surface area contributed by atoms with E-state index in [4.69, 9.17) is 0 Å². The van der Waals surface area contributed by atoms with Crippen LogP contribution >= 0.6 is 0 Å². The zero-order valence-corrected chi connectivity index (χ0v) is 10.1. The second-order valence-corrected chi connectivity index (χ2v) is 4.23. The van der Waals surface area contributed by atoms with Gasteiger partial charge >= 0.3 is 0 Å². The highest BCUT2D eigenvalue weighted by molar-refractivity contribution is 6.05. The second-order valence-electron chi connectivity index (χ2n) is 4.23. The molecule has 3 aromatic carbocycles. The second kappa shape index (κ2) is 4.47. The monoisotopic (exact) mass is 246 g/mol. The number of hydrogen-bond acceptors (Lipinski definition) is 2. The highest BCUT2D eigenvalue weighted by Gasteiger charge is 2.12. The van der Waals surface area contributed by atoms with Gasteiger partial charge in [0.1, 0.15) is 5.75 Å². The normalized spacial score (nSPS) is 10.1. The molecule has 3 aromatic rings. The van der Waals surface area contributed by atoms with Crippen LogP contribution in [0, 0.1) is 12.1 Å². The fraction of sp³-hybridized carbons (Fsp3) is 0. The summed E-state index contributed by atoms with van der Waals surface area (Å²) in [7, 11) is 0. The molecule has 19 heavy (non-hydrogen) atoms. The minimum absolute atomic E-state index is 0.0956. The molecule has 0 heterocycles. The lowest BCUT2D eigenvalue weighted by Crippen LogP contribution is -1.89. The third-order valence-corrected chi connectivity index (χ3v) is 3.12. The van der Waals surface area contributed by atoms with E-state index in [1.165, 1.54) is 0 Å². The largest absolute Gasteiger partial charge is 0.507 e. The molecule has 2 nitrogen and oxygen atoms in total. The lowest BCUT2D eigenvalue weighted by molar-refractivity contribution is 0.112. The number of benzene rings is 2. The molecule has 0 bridgehead atoms. The standard InChI is InChI=1S/C17H10O2/c18-11-13-10-9-12-5-1-2-6-14(12)17(13)15-7-3-4-8-16(15)19/h1-2,4-6,8-11,19H. The summed E-state index contributed by atoms with van der Waals surface area (Å²) in [5.41, 5.74) is 1.73. The van der Waals surface area contributed by atoms with E-state index in [9.17, 15) is 9.90 Å². The van der Waals surface area contributed by atoms with Crippen LogP contribution < -0.4 is 0 Å². The zero-order chi connectivity index (χ0) is 13.2. The maximum absolute atomic E-state index is 11.2. The Morgan fingerprint density at radius 1 is 1.05 bits per heavy atom. The molecule has 90 valence electrons. The lowest BCUT2D eigenvalue weighted by Gasteiger charge is -2.09. The minimum atomic E-state index is 0.0956. The van der Waals surface area contributed by atoms with Gasteiger partial charge in [-0.2, -0.15) is 0 Å². The number of rotatable bonds is 2. The van der Waals surface area contributed by atoms with Crippen molar-refractivity contribution in [1.29, 1.82) is 0 Å². The number of carbonyl (C=O) groups is 1. The number of aldehydes is 1. The van der Waals surface area contributed by atoms with Gasteiger partial charge in [-0.3, -0.25) is 4.79 Å². The van der Waals surface area contributed by atoms with Crippen molar-refractivity contribution < 1.29 is 9.90 Å². The zero-order valence-electron chi connectivity index (χ0n) is 10.1. The summed E-state index contributed by atoms with van der Waals surface area (Å²) in [6.07, 6.45) is 0.794. The third-order valence-electron chi connectivity index (χ3n) is 3.12. The summed E-state index contributed by atoms with van der Waals surface area (Å²) < 4.78 is 0. The van der Waals surface area contributed by atoms with Crippen LogP contribution in [0.4, 0.5) is 0 Å². The molecule has 0 atom stereocenters. The Morgan fingerprint density at radius 2 is 1.89 bits per heavy atom. The van der Waals surface area contributed by atoms with Crippen molar-refractivity contribution in [3.8, 4) is 16.9 Å². The van der Waals surface area contributed by atoms with E-state index in [-0.39, 0.29) is 5.75 Å². The van der Waals surface area contributed by atoms with Crippen LogP contribution in [-0.4, -0.2) is 11.4 Å². The first-order valence-corrected chi connectivity index (χ1v) is 5.90. The van der Waals surface area contributed by atoms with E-state index < -0.39 is 0 Å². The predicted octanol–water partition coefficient (Wildman–Crippen LogP) is 3.63. The molecule has 1 N–H and O–H groups in total. The molecular weight excluding hydrogens is 236 g/mol. The Morgan fingerprint density at radius 3 is 2.68 bits per heavy atom. The van der Waals surface area contributed by atoms with E-state index in [1.807, 2.05) is 30.3 Å². The highest BCUT2D eigenvalue weighted by Crippen LogP contribution is 2.35. The Labute approximate surface area is 110 Å². The quantitative estimate of drug-likeness (QED) is 0.701. The Bertz CT molecular complexity index is 760. The van der Waals surface area contributed by atoms with Crippen molar-refractivity contribution in [1.82, 2.24) is 0 Å². The number of carbonyl (C=O) groups excluding carboxylic acids is 1. The third kappa shape index (κ3) is 1.82. The minimum Gasteiger partial charge on any atom is -0.507 e. The van der Waals surface area contributed by atoms with Crippen LogP contribution in [0.3, 0.4) is 0 Å². The maximum atomic E-state index is 11.2. The lowest BCUT2D eigenvalue weighted by atomic mass is 9.94. The van der Waals surface area contributed by atoms with Crippen LogP contribution in [0.25, 0.3) is 21.9 Å². The predicted molar refractivity (Wildman–Crippen MR) is 74.1 cm³/mol. The van der Waals surface area contributed by atoms with Gasteiger partial charge in [-0.25, -0.2) is 0 Å². The molecule has 0 saturated heterocycles. The Hall–Kier alpha value is -2.79. The van der Waals surface area contributed by atoms with Crippen LogP contribution in [-0.2, 0) is 0 Å². The smallest absolute Gasteiger partial charge is 0.150 e. The van der Waals surface area contributed by atoms with Crippen LogP contribution in [0.5, 0.6) is 5.75 Å². The molecular formula is C17H10O2. The average molecular weight is 246 g/mol. The Kier molecular flexibility index (Phi) is 2.66. The van der Waals surface area contributed by atoms with E-state index in [1.54, 1.807) is 18.2 Å². The molecule has 3 rings (SSSR count). The molecule has 0 unspecified atom stereocenters. The molecule has 0 aliphatic rings. The molecule has 0 saturated carbocycles. The summed E-state index contributed by atoms with van der Waals surface area (Å²) in [6, 6.07) is 20.2. The van der Waals surface area contributed by atoms with Gasteiger partial charge in [-0.15, -0.1) is 0 Å². The van der Waals surface area contributed by atoms with E-state index in [2.05, 4.69) is 12.1 Å². The van der Waals surface area contributed by atoms with Gasteiger partial charge in [0, 0.05) is 11.1 Å². The average Bonchev–Trinajstić information content (AvgIpc) is 2.47. The highest BCUT2D eigenvalue weighted by atomic mass is 16.3. The topological polar surface area (TPSA) is 37.3 Å². The van der Waals surface area contributed by atoms with Crippen LogP contribution in [0.1, 0.15) is 10.4 Å². The van der Waals surface area contributed by atoms with E-state index in [0.29, 0.717) is 16.7 Å². The molecule has 2 heteroatoms. The fourth-order valence-corrected chi connectivity index (χ4v) is 2.24. The first-order valence-electron chi connectivity index (χ1n) is 5.90. The number of aromatic hydroxyl groups is 1. The summed E-state index contributed by atoms with van der Waals surface area (Å²) in [6.45, 7) is 0. The summed E-state index contributed by atoms with van der Waals surface area (Å²) in [4.78, 5) is 11.2. The first-order chi connectivity index (χ1) is 9.31. The molecule has 0 radical (unpaired) electrons. The van der Waals surface area contributed by atoms with E-state index >= 15 is 0 Å². The SMILES string of the molecule is O=Cc1ccc2ccccc2c1-c1c#cccc1O. The summed E-state index contributed by atoms with van der Waals surface area (Å²) >= 11 is 0. The molecule has 0 amide bonds. The van der Waals surface area contributed by atoms with Crippen molar-refractivity contribution in [2.45, 2.75) is 0 Å². The summed E-state index contributed by atoms with van der Waals surface area (Å²) in [5.74, 6) is 0.0956. The number of hydrogen-bond donors (Lipinski definition) is 1.